The van der Waals surface area contributed by atoms with Crippen molar-refractivity contribution in [1.82, 2.24) is 14.4 Å². The van der Waals surface area contributed by atoms with Crippen molar-refractivity contribution in [2.24, 2.45) is 0 Å². The van der Waals surface area contributed by atoms with E-state index in [2.05, 4.69) is 6.92 Å². The van der Waals surface area contributed by atoms with Crippen LogP contribution in [0.1, 0.15) is 46.7 Å². The highest BCUT2D eigenvalue weighted by molar-refractivity contribution is 5.95. The molecule has 1 fully saturated rings. The van der Waals surface area contributed by atoms with Gasteiger partial charge in [0.05, 0.1) is 0 Å². The number of piperazine rings is 1. The van der Waals surface area contributed by atoms with Crippen molar-refractivity contribution >= 4 is 11.8 Å². The number of nitrogens with zero attached hydrogens (tertiary/aromatic N) is 3. The second-order valence-corrected chi connectivity index (χ2v) is 7.41. The summed E-state index contributed by atoms with van der Waals surface area (Å²) in [6.07, 6.45) is 0.839. The van der Waals surface area contributed by atoms with Crippen molar-refractivity contribution in [3.8, 4) is 0 Å². The lowest BCUT2D eigenvalue weighted by atomic mass is 10.1. The summed E-state index contributed by atoms with van der Waals surface area (Å²) in [5.41, 5.74) is 4.72. The number of halogens is 1. The van der Waals surface area contributed by atoms with Crippen LogP contribution in [0.2, 0.25) is 0 Å². The molecule has 1 aromatic heterocycles. The highest BCUT2D eigenvalue weighted by atomic mass is 19.1. The summed E-state index contributed by atoms with van der Waals surface area (Å²) in [6, 6.07) is 6.51. The molecule has 0 aliphatic carbocycles. The Morgan fingerprint density at radius 3 is 2.29 bits per heavy atom. The Labute approximate surface area is 165 Å². The molecule has 0 spiro atoms. The summed E-state index contributed by atoms with van der Waals surface area (Å²) in [6.45, 7) is 10.3. The molecule has 3 rings (SSSR count). The van der Waals surface area contributed by atoms with Crippen LogP contribution in [-0.4, -0.2) is 52.4 Å². The van der Waals surface area contributed by atoms with Crippen LogP contribution >= 0.6 is 0 Å². The van der Waals surface area contributed by atoms with E-state index < -0.39 is 0 Å². The average molecular weight is 385 g/mol. The molecule has 0 N–H and O–H groups in total. The number of carbonyl (C=O) groups is 2. The first-order chi connectivity index (χ1) is 13.3. The fraction of sp³-hybridized carbons (Fsp3) is 0.455. The lowest BCUT2D eigenvalue weighted by molar-refractivity contribution is -0.130. The molecule has 2 heterocycles. The van der Waals surface area contributed by atoms with E-state index in [1.54, 1.807) is 17.9 Å². The van der Waals surface area contributed by atoms with Gasteiger partial charge in [-0.2, -0.15) is 0 Å². The maximum atomic E-state index is 13.7. The van der Waals surface area contributed by atoms with E-state index in [4.69, 9.17) is 0 Å². The second kappa shape index (κ2) is 8.17. The average Bonchev–Trinajstić information content (AvgIpc) is 2.90. The van der Waals surface area contributed by atoms with Gasteiger partial charge in [-0.15, -0.1) is 0 Å². The molecular weight excluding hydrogens is 357 g/mol. The van der Waals surface area contributed by atoms with Gasteiger partial charge in [-0.05, 0) is 49.1 Å². The predicted octanol–water partition coefficient (Wildman–Crippen LogP) is 3.16. The monoisotopic (exact) mass is 385 g/mol. The van der Waals surface area contributed by atoms with Crippen LogP contribution in [0.15, 0.2) is 24.3 Å². The Bertz CT molecular complexity index is 895. The minimum atomic E-state index is -0.275. The molecular formula is C22H28FN3O2. The molecule has 0 radical (unpaired) electrons. The van der Waals surface area contributed by atoms with Gasteiger partial charge in [-0.3, -0.25) is 9.59 Å². The summed E-state index contributed by atoms with van der Waals surface area (Å²) in [4.78, 5) is 28.5. The molecule has 1 aliphatic heterocycles. The van der Waals surface area contributed by atoms with Crippen molar-refractivity contribution < 1.29 is 14.0 Å². The number of aromatic nitrogens is 1. The largest absolute Gasteiger partial charge is 0.339 e. The number of benzene rings is 1. The zero-order chi connectivity index (χ0) is 20.4. The Hall–Kier alpha value is -2.63. The third kappa shape index (κ3) is 3.81. The smallest absolute Gasteiger partial charge is 0.270 e. The van der Waals surface area contributed by atoms with Crippen LogP contribution in [-0.2, 0) is 17.8 Å². The lowest BCUT2D eigenvalue weighted by Crippen LogP contribution is -2.50. The summed E-state index contributed by atoms with van der Waals surface area (Å²) in [5.74, 6) is -0.246. The molecule has 6 heteroatoms. The molecule has 1 aromatic carbocycles. The highest BCUT2D eigenvalue weighted by Crippen LogP contribution is 2.26. The van der Waals surface area contributed by atoms with Crippen LogP contribution in [0.3, 0.4) is 0 Å². The summed E-state index contributed by atoms with van der Waals surface area (Å²) >= 11 is 0. The molecule has 5 nitrogen and oxygen atoms in total. The quantitative estimate of drug-likeness (QED) is 0.812. The predicted molar refractivity (Wildman–Crippen MR) is 107 cm³/mol. The van der Waals surface area contributed by atoms with E-state index in [9.17, 15) is 14.0 Å². The van der Waals surface area contributed by atoms with E-state index in [0.717, 1.165) is 23.2 Å². The van der Waals surface area contributed by atoms with Gasteiger partial charge in [0.1, 0.15) is 11.5 Å². The van der Waals surface area contributed by atoms with Gasteiger partial charge in [0.25, 0.3) is 5.91 Å². The topological polar surface area (TPSA) is 45.6 Å². The minimum absolute atomic E-state index is 0.0140. The van der Waals surface area contributed by atoms with E-state index in [1.807, 2.05) is 29.4 Å². The third-order valence-electron chi connectivity index (χ3n) is 5.72. The van der Waals surface area contributed by atoms with Gasteiger partial charge >= 0.3 is 0 Å². The van der Waals surface area contributed by atoms with E-state index in [1.165, 1.54) is 17.7 Å². The first-order valence-electron chi connectivity index (χ1n) is 9.81. The number of rotatable bonds is 4. The van der Waals surface area contributed by atoms with Crippen molar-refractivity contribution in [2.75, 3.05) is 26.2 Å². The first kappa shape index (κ1) is 20.1. The molecule has 0 saturated carbocycles. The van der Waals surface area contributed by atoms with Gasteiger partial charge in [0.15, 0.2) is 0 Å². The van der Waals surface area contributed by atoms with Gasteiger partial charge in [-0.1, -0.05) is 19.1 Å². The zero-order valence-electron chi connectivity index (χ0n) is 17.1. The van der Waals surface area contributed by atoms with E-state index in [-0.39, 0.29) is 17.6 Å². The zero-order valence-corrected chi connectivity index (χ0v) is 17.1. The fourth-order valence-electron chi connectivity index (χ4n) is 4.13. The molecule has 150 valence electrons. The fourth-order valence-corrected chi connectivity index (χ4v) is 4.13. The Kier molecular flexibility index (Phi) is 5.87. The number of hydrogen-bond acceptors (Lipinski definition) is 2. The van der Waals surface area contributed by atoms with Gasteiger partial charge in [0, 0.05) is 45.3 Å². The first-order valence-corrected chi connectivity index (χ1v) is 9.81. The lowest BCUT2D eigenvalue weighted by Gasteiger charge is -2.34. The molecule has 0 atom stereocenters. The van der Waals surface area contributed by atoms with Crippen LogP contribution in [0, 0.1) is 19.7 Å². The Morgan fingerprint density at radius 2 is 1.71 bits per heavy atom. The van der Waals surface area contributed by atoms with Gasteiger partial charge < -0.3 is 14.4 Å². The normalized spacial score (nSPS) is 14.5. The number of carbonyl (C=O) groups excluding carboxylic acids is 2. The van der Waals surface area contributed by atoms with E-state index >= 15 is 0 Å². The van der Waals surface area contributed by atoms with Crippen LogP contribution in [0.5, 0.6) is 0 Å². The molecule has 0 bridgehead atoms. The van der Waals surface area contributed by atoms with Crippen molar-refractivity contribution in [3.63, 3.8) is 0 Å². The third-order valence-corrected chi connectivity index (χ3v) is 5.72. The van der Waals surface area contributed by atoms with Crippen LogP contribution in [0.4, 0.5) is 4.39 Å². The van der Waals surface area contributed by atoms with Crippen LogP contribution < -0.4 is 0 Å². The molecule has 1 saturated heterocycles. The maximum absolute atomic E-state index is 13.7. The van der Waals surface area contributed by atoms with E-state index in [0.29, 0.717) is 38.4 Å². The van der Waals surface area contributed by atoms with Crippen molar-refractivity contribution in [1.29, 1.82) is 0 Å². The second-order valence-electron chi connectivity index (χ2n) is 7.41. The van der Waals surface area contributed by atoms with Crippen LogP contribution in [0.25, 0.3) is 0 Å². The standard InChI is InChI=1S/C22H28FN3O2/c1-5-20-15(2)21(22(28)25-11-9-24(10-12-25)17(4)27)26(16(20)3)14-18-7-6-8-19(23)13-18/h6-8,13H,5,9-12,14H2,1-4H3. The molecule has 2 amide bonds. The van der Waals surface area contributed by atoms with Crippen molar-refractivity contribution in [2.45, 2.75) is 40.7 Å². The molecule has 0 unspecified atom stereocenters. The van der Waals surface area contributed by atoms with Gasteiger partial charge in [0.2, 0.25) is 5.91 Å². The minimum Gasteiger partial charge on any atom is -0.339 e. The van der Waals surface area contributed by atoms with Crippen molar-refractivity contribution in [3.05, 3.63) is 58.2 Å². The highest BCUT2D eigenvalue weighted by Gasteiger charge is 2.28. The SMILES string of the molecule is CCc1c(C)c(C(=O)N2CCN(C(C)=O)CC2)n(Cc2cccc(F)c2)c1C. The molecule has 1 aliphatic rings. The number of hydrogen-bond donors (Lipinski definition) is 0. The maximum Gasteiger partial charge on any atom is 0.270 e. The summed E-state index contributed by atoms with van der Waals surface area (Å²) < 4.78 is 15.7. The Morgan fingerprint density at radius 1 is 1.07 bits per heavy atom. The summed E-state index contributed by atoms with van der Waals surface area (Å²) in [7, 11) is 0. The molecule has 2 aromatic rings. The number of amides is 2. The molecule has 28 heavy (non-hydrogen) atoms. The summed E-state index contributed by atoms with van der Waals surface area (Å²) in [5, 5.41) is 0. The van der Waals surface area contributed by atoms with Gasteiger partial charge in [-0.25, -0.2) is 4.39 Å². The Balaban J connectivity index is 1.93.